The lowest BCUT2D eigenvalue weighted by molar-refractivity contribution is 0.417. The quantitative estimate of drug-likeness (QED) is 0.665. The van der Waals surface area contributed by atoms with Crippen LogP contribution in [0.5, 0.6) is 5.75 Å². The zero-order chi connectivity index (χ0) is 16.8. The molecular weight excluding hydrogens is 371 g/mol. The summed E-state index contributed by atoms with van der Waals surface area (Å²) in [6, 6.07) is 9.00. The first-order valence-electron chi connectivity index (χ1n) is 7.79. The number of aromatic nitrogens is 1. The summed E-state index contributed by atoms with van der Waals surface area (Å²) < 4.78 is 20.1. The molecule has 1 aliphatic rings. The number of fused-ring (bicyclic) bond motifs is 3. The van der Waals surface area contributed by atoms with Crippen molar-refractivity contribution < 1.29 is 9.13 Å². The first-order valence-corrected chi connectivity index (χ1v) is 8.59. The number of anilines is 1. The number of hydrogen-bond donors (Lipinski definition) is 1. The fraction of sp³-hybridized carbons (Fsp3) is 0.211. The van der Waals surface area contributed by atoms with Gasteiger partial charge in [0.1, 0.15) is 11.6 Å². The molecular formula is C19H16BrFN2O. The van der Waals surface area contributed by atoms with Gasteiger partial charge in [-0.1, -0.05) is 6.07 Å². The average molecular weight is 387 g/mol. The third kappa shape index (κ3) is 2.26. The number of aryl methyl sites for hydroxylation is 1. The number of halogens is 2. The van der Waals surface area contributed by atoms with E-state index in [-0.39, 0.29) is 5.82 Å². The van der Waals surface area contributed by atoms with Gasteiger partial charge in [-0.25, -0.2) is 4.39 Å². The standard InChI is InChI=1S/C19H16BrFN2O/c1-10-12-7-8-22-19(12)18-15(23-10)5-6-16(24-2)17(18)11-3-4-13(20)14(21)9-11/h3-6,9,22H,7-8H2,1-2H3. The fourth-order valence-corrected chi connectivity index (χ4v) is 3.67. The van der Waals surface area contributed by atoms with E-state index in [0.717, 1.165) is 46.4 Å². The van der Waals surface area contributed by atoms with Crippen molar-refractivity contribution in [2.45, 2.75) is 13.3 Å². The lowest BCUT2D eigenvalue weighted by Gasteiger charge is -2.16. The number of nitrogens with zero attached hydrogens (tertiary/aromatic N) is 1. The van der Waals surface area contributed by atoms with Gasteiger partial charge < -0.3 is 10.1 Å². The second kappa shape index (κ2) is 5.74. The van der Waals surface area contributed by atoms with Gasteiger partial charge in [-0.2, -0.15) is 0 Å². The molecule has 0 bridgehead atoms. The zero-order valence-corrected chi connectivity index (χ0v) is 15.0. The lowest BCUT2D eigenvalue weighted by atomic mass is 9.96. The van der Waals surface area contributed by atoms with E-state index in [1.165, 1.54) is 11.6 Å². The second-order valence-corrected chi connectivity index (χ2v) is 6.75. The van der Waals surface area contributed by atoms with E-state index in [0.29, 0.717) is 10.2 Å². The molecule has 0 saturated heterocycles. The largest absolute Gasteiger partial charge is 0.496 e. The Morgan fingerprint density at radius 1 is 1.25 bits per heavy atom. The summed E-state index contributed by atoms with van der Waals surface area (Å²) in [5.74, 6) is 0.419. The van der Waals surface area contributed by atoms with Gasteiger partial charge in [0, 0.05) is 28.9 Å². The van der Waals surface area contributed by atoms with Crippen molar-refractivity contribution in [2.24, 2.45) is 0 Å². The molecule has 5 heteroatoms. The summed E-state index contributed by atoms with van der Waals surface area (Å²) in [7, 11) is 1.63. The molecule has 0 amide bonds. The summed E-state index contributed by atoms with van der Waals surface area (Å²) in [6.07, 6.45) is 0.954. The maximum atomic E-state index is 14.1. The molecule has 1 aliphatic heterocycles. The van der Waals surface area contributed by atoms with Gasteiger partial charge in [-0.05, 0) is 64.7 Å². The SMILES string of the molecule is COc1ccc2nc(C)c3c(c2c1-c1ccc(Br)c(F)c1)NCC3. The Hall–Kier alpha value is -2.14. The smallest absolute Gasteiger partial charge is 0.137 e. The second-order valence-electron chi connectivity index (χ2n) is 5.89. The molecule has 0 saturated carbocycles. The van der Waals surface area contributed by atoms with Crippen LogP contribution in [0.25, 0.3) is 22.0 Å². The van der Waals surface area contributed by atoms with Crippen LogP contribution in [0.4, 0.5) is 10.1 Å². The van der Waals surface area contributed by atoms with Crippen molar-refractivity contribution in [3.63, 3.8) is 0 Å². The van der Waals surface area contributed by atoms with Crippen LogP contribution < -0.4 is 10.1 Å². The van der Waals surface area contributed by atoms with Crippen LogP contribution >= 0.6 is 15.9 Å². The van der Waals surface area contributed by atoms with Crippen molar-refractivity contribution >= 4 is 32.5 Å². The first-order chi connectivity index (χ1) is 11.6. The molecule has 0 spiro atoms. The number of hydrogen-bond acceptors (Lipinski definition) is 3. The third-order valence-corrected chi connectivity index (χ3v) is 5.17. The van der Waals surface area contributed by atoms with Crippen LogP contribution in [0.3, 0.4) is 0 Å². The molecule has 2 heterocycles. The Bertz CT molecular complexity index is 971. The molecule has 1 N–H and O–H groups in total. The number of rotatable bonds is 2. The topological polar surface area (TPSA) is 34.1 Å². The van der Waals surface area contributed by atoms with E-state index >= 15 is 0 Å². The van der Waals surface area contributed by atoms with E-state index in [2.05, 4.69) is 21.2 Å². The molecule has 122 valence electrons. The van der Waals surface area contributed by atoms with Crippen molar-refractivity contribution in [3.05, 3.63) is 51.9 Å². The molecule has 0 radical (unpaired) electrons. The van der Waals surface area contributed by atoms with Crippen molar-refractivity contribution in [1.29, 1.82) is 0 Å². The summed E-state index contributed by atoms with van der Waals surface area (Å²) in [5, 5.41) is 4.47. The fourth-order valence-electron chi connectivity index (χ4n) is 3.42. The highest BCUT2D eigenvalue weighted by Crippen LogP contribution is 2.43. The Morgan fingerprint density at radius 2 is 2.08 bits per heavy atom. The number of ether oxygens (including phenoxy) is 1. The predicted molar refractivity (Wildman–Crippen MR) is 98.3 cm³/mol. The molecule has 0 atom stereocenters. The maximum Gasteiger partial charge on any atom is 0.137 e. The molecule has 0 fully saturated rings. The van der Waals surface area contributed by atoms with Crippen molar-refractivity contribution in [3.8, 4) is 16.9 Å². The summed E-state index contributed by atoms with van der Waals surface area (Å²) in [6.45, 7) is 2.93. The van der Waals surface area contributed by atoms with Gasteiger partial charge in [0.05, 0.1) is 17.1 Å². The van der Waals surface area contributed by atoms with E-state index in [1.54, 1.807) is 13.2 Å². The Morgan fingerprint density at radius 3 is 2.83 bits per heavy atom. The normalized spacial score (nSPS) is 13.0. The zero-order valence-electron chi connectivity index (χ0n) is 13.4. The van der Waals surface area contributed by atoms with Crippen LogP contribution in [-0.2, 0) is 6.42 Å². The minimum absolute atomic E-state index is 0.295. The Kier molecular flexibility index (Phi) is 3.68. The maximum absolute atomic E-state index is 14.1. The highest BCUT2D eigenvalue weighted by molar-refractivity contribution is 9.10. The van der Waals surface area contributed by atoms with Crippen LogP contribution in [0.1, 0.15) is 11.3 Å². The van der Waals surface area contributed by atoms with Crippen molar-refractivity contribution in [2.75, 3.05) is 19.0 Å². The summed E-state index contributed by atoms with van der Waals surface area (Å²) >= 11 is 3.22. The van der Waals surface area contributed by atoms with Gasteiger partial charge in [0.15, 0.2) is 0 Å². The van der Waals surface area contributed by atoms with Gasteiger partial charge >= 0.3 is 0 Å². The van der Waals surface area contributed by atoms with E-state index < -0.39 is 0 Å². The highest BCUT2D eigenvalue weighted by Gasteiger charge is 2.22. The van der Waals surface area contributed by atoms with E-state index in [1.807, 2.05) is 25.1 Å². The molecule has 3 aromatic rings. The average Bonchev–Trinajstić information content (AvgIpc) is 3.07. The number of benzene rings is 2. The Balaban J connectivity index is 2.12. The number of methoxy groups -OCH3 is 1. The van der Waals surface area contributed by atoms with E-state index in [9.17, 15) is 4.39 Å². The molecule has 4 rings (SSSR count). The molecule has 24 heavy (non-hydrogen) atoms. The first kappa shape index (κ1) is 15.4. The minimum atomic E-state index is -0.295. The molecule has 0 unspecified atom stereocenters. The van der Waals surface area contributed by atoms with Crippen LogP contribution in [0.15, 0.2) is 34.8 Å². The van der Waals surface area contributed by atoms with Gasteiger partial charge in [-0.3, -0.25) is 4.98 Å². The summed E-state index contributed by atoms with van der Waals surface area (Å²) in [5.41, 5.74) is 5.91. The van der Waals surface area contributed by atoms with Gasteiger partial charge in [0.2, 0.25) is 0 Å². The van der Waals surface area contributed by atoms with Gasteiger partial charge in [0.25, 0.3) is 0 Å². The van der Waals surface area contributed by atoms with Gasteiger partial charge in [-0.15, -0.1) is 0 Å². The third-order valence-electron chi connectivity index (χ3n) is 4.53. The molecule has 1 aromatic heterocycles. The molecule has 2 aromatic carbocycles. The van der Waals surface area contributed by atoms with E-state index in [4.69, 9.17) is 9.72 Å². The number of nitrogens with one attached hydrogen (secondary N) is 1. The number of pyridine rings is 1. The summed E-state index contributed by atoms with van der Waals surface area (Å²) in [4.78, 5) is 4.75. The predicted octanol–water partition coefficient (Wildman–Crippen LogP) is 5.09. The highest BCUT2D eigenvalue weighted by atomic mass is 79.9. The molecule has 3 nitrogen and oxygen atoms in total. The monoisotopic (exact) mass is 386 g/mol. The Labute approximate surface area is 148 Å². The van der Waals surface area contributed by atoms with Crippen LogP contribution in [0.2, 0.25) is 0 Å². The van der Waals surface area contributed by atoms with Crippen LogP contribution in [-0.4, -0.2) is 18.6 Å². The van der Waals surface area contributed by atoms with Crippen LogP contribution in [0, 0.1) is 12.7 Å². The lowest BCUT2D eigenvalue weighted by Crippen LogP contribution is -1.98. The molecule has 0 aliphatic carbocycles. The van der Waals surface area contributed by atoms with Crippen molar-refractivity contribution in [1.82, 2.24) is 4.98 Å². The minimum Gasteiger partial charge on any atom is -0.496 e.